The second kappa shape index (κ2) is 6.88. The molecule has 0 aliphatic carbocycles. The highest BCUT2D eigenvalue weighted by atomic mass is 35.5. The lowest BCUT2D eigenvalue weighted by Crippen LogP contribution is -2.12. The van der Waals surface area contributed by atoms with E-state index in [1.54, 1.807) is 6.07 Å². The Bertz CT molecular complexity index is 661. The van der Waals surface area contributed by atoms with Crippen LogP contribution in [-0.2, 0) is 12.3 Å². The fraction of sp³-hybridized carbons (Fsp3) is 0.333. The lowest BCUT2D eigenvalue weighted by atomic mass is 10.2. The second-order valence-electron chi connectivity index (χ2n) is 4.29. The molecule has 0 amide bonds. The van der Waals surface area contributed by atoms with Gasteiger partial charge in [0.15, 0.2) is 5.16 Å². The number of hydrogen-bond donors (Lipinski definition) is 1. The van der Waals surface area contributed by atoms with Crippen LogP contribution in [0.3, 0.4) is 0 Å². The average molecular weight is 328 g/mol. The summed E-state index contributed by atoms with van der Waals surface area (Å²) >= 11 is 7.28. The van der Waals surface area contributed by atoms with Crippen molar-refractivity contribution < 1.29 is 4.92 Å². The van der Waals surface area contributed by atoms with E-state index in [2.05, 4.69) is 10.2 Å². The predicted molar refractivity (Wildman–Crippen MR) is 81.5 cm³/mol. The van der Waals surface area contributed by atoms with Crippen LogP contribution in [0, 0.1) is 17.0 Å². The Morgan fingerprint density at radius 1 is 1.48 bits per heavy atom. The first kappa shape index (κ1) is 15.7. The molecule has 0 unspecified atom stereocenters. The predicted octanol–water partition coefficient (Wildman–Crippen LogP) is 2.40. The normalized spacial score (nSPS) is 10.8. The summed E-state index contributed by atoms with van der Waals surface area (Å²) in [6, 6.07) is 4.52. The molecule has 0 saturated carbocycles. The van der Waals surface area contributed by atoms with Crippen molar-refractivity contribution in [3.63, 3.8) is 0 Å². The van der Waals surface area contributed by atoms with Crippen molar-refractivity contribution in [2.24, 2.45) is 5.73 Å². The van der Waals surface area contributed by atoms with Gasteiger partial charge in [-0.25, -0.2) is 0 Å². The van der Waals surface area contributed by atoms with Crippen molar-refractivity contribution in [3.8, 4) is 0 Å². The number of nitro benzene ring substituents is 1. The quantitative estimate of drug-likeness (QED) is 0.497. The highest BCUT2D eigenvalue weighted by Crippen LogP contribution is 2.29. The van der Waals surface area contributed by atoms with Crippen LogP contribution in [0.2, 0.25) is 5.02 Å². The molecule has 0 atom stereocenters. The zero-order valence-corrected chi connectivity index (χ0v) is 12.9. The minimum atomic E-state index is -0.415. The van der Waals surface area contributed by atoms with Crippen molar-refractivity contribution in [1.29, 1.82) is 0 Å². The molecule has 0 spiro atoms. The van der Waals surface area contributed by atoms with Gasteiger partial charge in [0, 0.05) is 35.5 Å². The summed E-state index contributed by atoms with van der Waals surface area (Å²) in [7, 11) is 0. The van der Waals surface area contributed by atoms with Crippen molar-refractivity contribution in [2.45, 2.75) is 24.4 Å². The fourth-order valence-electron chi connectivity index (χ4n) is 1.84. The average Bonchev–Trinajstić information content (AvgIpc) is 2.78. The number of nitrogens with two attached hydrogens (primary N) is 1. The van der Waals surface area contributed by atoms with Gasteiger partial charge in [-0.05, 0) is 19.1 Å². The van der Waals surface area contributed by atoms with E-state index >= 15 is 0 Å². The third-order valence-electron chi connectivity index (χ3n) is 2.85. The van der Waals surface area contributed by atoms with E-state index in [1.807, 2.05) is 11.5 Å². The molecular weight excluding hydrogens is 314 g/mol. The number of halogens is 1. The molecule has 0 bridgehead atoms. The van der Waals surface area contributed by atoms with Crippen LogP contribution < -0.4 is 5.73 Å². The molecule has 0 fully saturated rings. The number of benzene rings is 1. The van der Waals surface area contributed by atoms with Crippen molar-refractivity contribution in [1.82, 2.24) is 14.8 Å². The number of aryl methyl sites for hydroxylation is 1. The van der Waals surface area contributed by atoms with E-state index < -0.39 is 4.92 Å². The molecule has 0 saturated heterocycles. The Labute approximate surface area is 130 Å². The molecule has 9 heteroatoms. The molecule has 112 valence electrons. The van der Waals surface area contributed by atoms with Gasteiger partial charge in [-0.15, -0.1) is 10.2 Å². The smallest absolute Gasteiger partial charge is 0.273 e. The van der Waals surface area contributed by atoms with E-state index in [0.29, 0.717) is 34.6 Å². The Kier molecular flexibility index (Phi) is 5.16. The summed E-state index contributed by atoms with van der Waals surface area (Å²) in [5, 5.41) is 20.2. The van der Waals surface area contributed by atoms with Gasteiger partial charge in [-0.1, -0.05) is 23.4 Å². The van der Waals surface area contributed by atoms with Crippen LogP contribution in [0.15, 0.2) is 23.4 Å². The zero-order chi connectivity index (χ0) is 15.4. The highest BCUT2D eigenvalue weighted by Gasteiger charge is 2.16. The van der Waals surface area contributed by atoms with Gasteiger partial charge < -0.3 is 10.3 Å². The van der Waals surface area contributed by atoms with Crippen molar-refractivity contribution in [2.75, 3.05) is 6.54 Å². The zero-order valence-electron chi connectivity index (χ0n) is 11.3. The first-order valence-electron chi connectivity index (χ1n) is 6.18. The lowest BCUT2D eigenvalue weighted by molar-refractivity contribution is -0.385. The first-order valence-corrected chi connectivity index (χ1v) is 7.54. The third kappa shape index (κ3) is 3.72. The summed E-state index contributed by atoms with van der Waals surface area (Å²) in [5.74, 6) is 1.16. The number of hydrogen-bond acceptors (Lipinski definition) is 6. The van der Waals surface area contributed by atoms with Crippen LogP contribution in [0.25, 0.3) is 0 Å². The van der Waals surface area contributed by atoms with Crippen LogP contribution in [0.5, 0.6) is 0 Å². The third-order valence-corrected chi connectivity index (χ3v) is 4.10. The number of rotatable bonds is 6. The SMILES string of the molecule is Cc1nnc(SCc2cc(Cl)ccc2[N+](=O)[O-])n1CCN. The molecular formula is C12H14ClN5O2S. The standard InChI is InChI=1S/C12H14ClN5O2S/c1-8-15-16-12(17(8)5-4-14)21-7-9-6-10(13)2-3-11(9)18(19)20/h2-3,6H,4-5,7,14H2,1H3. The number of nitro groups is 1. The maximum absolute atomic E-state index is 11.0. The molecule has 0 aliphatic heterocycles. The highest BCUT2D eigenvalue weighted by molar-refractivity contribution is 7.98. The molecule has 2 aromatic rings. The van der Waals surface area contributed by atoms with E-state index in [1.165, 1.54) is 23.9 Å². The largest absolute Gasteiger partial charge is 0.329 e. The molecule has 21 heavy (non-hydrogen) atoms. The van der Waals surface area contributed by atoms with Crippen LogP contribution in [-0.4, -0.2) is 26.2 Å². The Hall–Kier alpha value is -1.64. The minimum absolute atomic E-state index is 0.0495. The van der Waals surface area contributed by atoms with Gasteiger partial charge in [-0.2, -0.15) is 0 Å². The fourth-order valence-corrected chi connectivity index (χ4v) is 3.03. The van der Waals surface area contributed by atoms with Gasteiger partial charge >= 0.3 is 0 Å². The van der Waals surface area contributed by atoms with Gasteiger partial charge in [0.25, 0.3) is 5.69 Å². The lowest BCUT2D eigenvalue weighted by Gasteiger charge is -2.07. The summed E-state index contributed by atoms with van der Waals surface area (Å²) in [6.07, 6.45) is 0. The Balaban J connectivity index is 2.20. The Morgan fingerprint density at radius 2 is 2.24 bits per heavy atom. The van der Waals surface area contributed by atoms with Crippen molar-refractivity contribution >= 4 is 29.1 Å². The molecule has 0 aliphatic rings. The summed E-state index contributed by atoms with van der Waals surface area (Å²) in [4.78, 5) is 10.6. The van der Waals surface area contributed by atoms with Crippen LogP contribution >= 0.6 is 23.4 Å². The van der Waals surface area contributed by atoms with Gasteiger partial charge in [-0.3, -0.25) is 10.1 Å². The Morgan fingerprint density at radius 3 is 2.90 bits per heavy atom. The minimum Gasteiger partial charge on any atom is -0.329 e. The molecule has 2 N–H and O–H groups in total. The molecule has 1 aromatic heterocycles. The number of nitrogens with zero attached hydrogens (tertiary/aromatic N) is 4. The maximum Gasteiger partial charge on any atom is 0.273 e. The van der Waals surface area contributed by atoms with Crippen LogP contribution in [0.1, 0.15) is 11.4 Å². The van der Waals surface area contributed by atoms with Gasteiger partial charge in [0.05, 0.1) is 4.92 Å². The monoisotopic (exact) mass is 327 g/mol. The van der Waals surface area contributed by atoms with E-state index in [9.17, 15) is 10.1 Å². The van der Waals surface area contributed by atoms with Crippen molar-refractivity contribution in [3.05, 3.63) is 44.7 Å². The topological polar surface area (TPSA) is 99.9 Å². The van der Waals surface area contributed by atoms with Gasteiger partial charge in [0.1, 0.15) is 5.82 Å². The first-order chi connectivity index (χ1) is 10.0. The maximum atomic E-state index is 11.0. The summed E-state index contributed by atoms with van der Waals surface area (Å²) < 4.78 is 1.89. The molecule has 7 nitrogen and oxygen atoms in total. The number of thioether (sulfide) groups is 1. The number of aromatic nitrogens is 3. The second-order valence-corrected chi connectivity index (χ2v) is 5.67. The van der Waals surface area contributed by atoms with E-state index in [-0.39, 0.29) is 5.69 Å². The molecule has 0 radical (unpaired) electrons. The van der Waals surface area contributed by atoms with E-state index in [4.69, 9.17) is 17.3 Å². The van der Waals surface area contributed by atoms with Crippen LogP contribution in [0.4, 0.5) is 5.69 Å². The van der Waals surface area contributed by atoms with E-state index in [0.717, 1.165) is 5.82 Å². The summed E-state index contributed by atoms with van der Waals surface area (Å²) in [6.45, 7) is 2.93. The molecule has 2 rings (SSSR count). The summed E-state index contributed by atoms with van der Waals surface area (Å²) in [5.41, 5.74) is 6.16. The molecule has 1 heterocycles. The van der Waals surface area contributed by atoms with Gasteiger partial charge in [0.2, 0.25) is 0 Å². The molecule has 1 aromatic carbocycles.